The van der Waals surface area contributed by atoms with E-state index in [0.717, 1.165) is 20.6 Å². The normalized spacial score (nSPS) is 11.3. The lowest BCUT2D eigenvalue weighted by Crippen LogP contribution is -2.36. The minimum absolute atomic E-state index is 0.130. The van der Waals surface area contributed by atoms with E-state index in [4.69, 9.17) is 4.74 Å². The Morgan fingerprint density at radius 3 is 2.33 bits per heavy atom. The van der Waals surface area contributed by atoms with Crippen LogP contribution in [0, 0.1) is 6.92 Å². The number of carbonyl (C=O) groups excluding carboxylic acids is 1. The van der Waals surface area contributed by atoms with Gasteiger partial charge in [-0.15, -0.1) is 0 Å². The third kappa shape index (κ3) is 3.95. The molecule has 0 aromatic heterocycles. The van der Waals surface area contributed by atoms with E-state index in [2.05, 4.69) is 0 Å². The predicted molar refractivity (Wildman–Crippen MR) is 106 cm³/mol. The SMILES string of the molecule is CCOC(=O)CN(c1cccc2ccccc12)S(=O)(=O)c1ccc(C)cc1. The second kappa shape index (κ2) is 7.80. The van der Waals surface area contributed by atoms with E-state index in [9.17, 15) is 13.2 Å². The molecule has 0 bridgehead atoms. The number of hydrogen-bond acceptors (Lipinski definition) is 4. The molecule has 3 aromatic carbocycles. The molecule has 0 saturated carbocycles. The molecule has 0 fully saturated rings. The van der Waals surface area contributed by atoms with Gasteiger partial charge in [0.1, 0.15) is 6.54 Å². The predicted octanol–water partition coefficient (Wildman–Crippen LogP) is 3.91. The maximum absolute atomic E-state index is 13.3. The monoisotopic (exact) mass is 383 g/mol. The number of hydrogen-bond donors (Lipinski definition) is 0. The molecule has 5 nitrogen and oxygen atoms in total. The van der Waals surface area contributed by atoms with Crippen LogP contribution in [0.4, 0.5) is 5.69 Å². The lowest BCUT2D eigenvalue weighted by Gasteiger charge is -2.25. The van der Waals surface area contributed by atoms with Gasteiger partial charge in [-0.25, -0.2) is 8.42 Å². The summed E-state index contributed by atoms with van der Waals surface area (Å²) in [5.74, 6) is -0.596. The van der Waals surface area contributed by atoms with Crippen molar-refractivity contribution >= 4 is 32.5 Å². The molecule has 0 heterocycles. The molecule has 3 rings (SSSR count). The van der Waals surface area contributed by atoms with Crippen molar-refractivity contribution in [2.45, 2.75) is 18.7 Å². The van der Waals surface area contributed by atoms with Gasteiger partial charge in [-0.1, -0.05) is 54.1 Å². The van der Waals surface area contributed by atoms with Crippen LogP contribution in [0.5, 0.6) is 0 Å². The molecule has 0 saturated heterocycles. The summed E-state index contributed by atoms with van der Waals surface area (Å²) in [5.41, 5.74) is 1.40. The van der Waals surface area contributed by atoms with Crippen molar-refractivity contribution in [2.24, 2.45) is 0 Å². The molecule has 0 atom stereocenters. The largest absolute Gasteiger partial charge is 0.465 e. The van der Waals surface area contributed by atoms with Gasteiger partial charge in [0.15, 0.2) is 0 Å². The number of anilines is 1. The highest BCUT2D eigenvalue weighted by atomic mass is 32.2. The highest BCUT2D eigenvalue weighted by Gasteiger charge is 2.28. The Bertz CT molecular complexity index is 1050. The van der Waals surface area contributed by atoms with Gasteiger partial charge >= 0.3 is 5.97 Å². The van der Waals surface area contributed by atoms with Crippen molar-refractivity contribution in [3.05, 3.63) is 72.3 Å². The van der Waals surface area contributed by atoms with E-state index < -0.39 is 22.5 Å². The molecule has 6 heteroatoms. The lowest BCUT2D eigenvalue weighted by atomic mass is 10.1. The van der Waals surface area contributed by atoms with E-state index >= 15 is 0 Å². The molecule has 0 N–H and O–H groups in total. The highest BCUT2D eigenvalue weighted by Crippen LogP contribution is 2.31. The number of esters is 1. The molecule has 0 unspecified atom stereocenters. The summed E-state index contributed by atoms with van der Waals surface area (Å²) in [4.78, 5) is 12.3. The van der Waals surface area contributed by atoms with Gasteiger partial charge in [0.25, 0.3) is 10.0 Å². The number of aryl methyl sites for hydroxylation is 1. The Hall–Kier alpha value is -2.86. The summed E-state index contributed by atoms with van der Waals surface area (Å²) in [6, 6.07) is 19.4. The summed E-state index contributed by atoms with van der Waals surface area (Å²) in [7, 11) is -3.94. The summed E-state index contributed by atoms with van der Waals surface area (Å²) < 4.78 is 32.8. The number of rotatable bonds is 6. The van der Waals surface area contributed by atoms with Crippen LogP contribution >= 0.6 is 0 Å². The van der Waals surface area contributed by atoms with Crippen molar-refractivity contribution in [3.63, 3.8) is 0 Å². The van der Waals surface area contributed by atoms with E-state index in [-0.39, 0.29) is 11.5 Å². The van der Waals surface area contributed by atoms with E-state index in [1.165, 1.54) is 0 Å². The number of carbonyl (C=O) groups is 1. The number of benzene rings is 3. The average Bonchev–Trinajstić information content (AvgIpc) is 2.66. The van der Waals surface area contributed by atoms with Crippen LogP contribution in [0.2, 0.25) is 0 Å². The fourth-order valence-electron chi connectivity index (χ4n) is 2.89. The smallest absolute Gasteiger partial charge is 0.326 e. The summed E-state index contributed by atoms with van der Waals surface area (Å²) in [6.45, 7) is 3.37. The Kier molecular flexibility index (Phi) is 5.46. The van der Waals surface area contributed by atoms with Crippen molar-refractivity contribution in [2.75, 3.05) is 17.5 Å². The molecule has 0 spiro atoms. The standard InChI is InChI=1S/C21H21NO4S/c1-3-26-21(23)15-22(27(24,25)18-13-11-16(2)12-14-18)20-10-6-8-17-7-4-5-9-19(17)20/h4-14H,3,15H2,1-2H3. The summed E-state index contributed by atoms with van der Waals surface area (Å²) in [6.07, 6.45) is 0. The Labute approximate surface area is 159 Å². The maximum Gasteiger partial charge on any atom is 0.326 e. The second-order valence-electron chi connectivity index (χ2n) is 6.13. The lowest BCUT2D eigenvalue weighted by molar-refractivity contribution is -0.141. The van der Waals surface area contributed by atoms with E-state index in [1.807, 2.05) is 37.3 Å². The van der Waals surface area contributed by atoms with E-state index in [1.54, 1.807) is 43.3 Å². The fraction of sp³-hybridized carbons (Fsp3) is 0.190. The van der Waals surface area contributed by atoms with Crippen LogP contribution in [0.1, 0.15) is 12.5 Å². The van der Waals surface area contributed by atoms with Gasteiger partial charge in [-0.05, 0) is 37.4 Å². The van der Waals surface area contributed by atoms with Crippen LogP contribution in [0.15, 0.2) is 71.6 Å². The molecule has 0 aliphatic rings. The topological polar surface area (TPSA) is 63.7 Å². The zero-order valence-corrected chi connectivity index (χ0v) is 16.1. The van der Waals surface area contributed by atoms with E-state index in [0.29, 0.717) is 5.69 Å². The molecule has 27 heavy (non-hydrogen) atoms. The minimum Gasteiger partial charge on any atom is -0.465 e. The van der Waals surface area contributed by atoms with Crippen LogP contribution in [0.25, 0.3) is 10.8 Å². The molecular weight excluding hydrogens is 362 g/mol. The van der Waals surface area contributed by atoms with Crippen LogP contribution < -0.4 is 4.31 Å². The van der Waals surface area contributed by atoms with Gasteiger partial charge < -0.3 is 4.74 Å². The zero-order chi connectivity index (χ0) is 19.4. The first-order valence-electron chi connectivity index (χ1n) is 8.66. The second-order valence-corrected chi connectivity index (χ2v) is 7.99. The van der Waals surface area contributed by atoms with Crippen molar-refractivity contribution < 1.29 is 17.9 Å². The van der Waals surface area contributed by atoms with Crippen LogP contribution in [-0.2, 0) is 19.6 Å². The summed E-state index contributed by atoms with van der Waals surface area (Å²) in [5, 5.41) is 1.64. The van der Waals surface area contributed by atoms with Crippen molar-refractivity contribution in [3.8, 4) is 0 Å². The third-order valence-corrected chi connectivity index (χ3v) is 6.00. The Morgan fingerprint density at radius 2 is 1.63 bits per heavy atom. The zero-order valence-electron chi connectivity index (χ0n) is 15.3. The van der Waals surface area contributed by atoms with Crippen molar-refractivity contribution in [1.29, 1.82) is 0 Å². The van der Waals surface area contributed by atoms with Gasteiger partial charge in [-0.3, -0.25) is 9.10 Å². The average molecular weight is 383 g/mol. The molecule has 0 radical (unpaired) electrons. The maximum atomic E-state index is 13.3. The Balaban J connectivity index is 2.16. The third-order valence-electron chi connectivity index (χ3n) is 4.22. The van der Waals surface area contributed by atoms with Gasteiger partial charge in [0.2, 0.25) is 0 Å². The number of sulfonamides is 1. The van der Waals surface area contributed by atoms with Gasteiger partial charge in [0, 0.05) is 5.39 Å². The first-order valence-corrected chi connectivity index (χ1v) is 10.1. The van der Waals surface area contributed by atoms with Crippen molar-refractivity contribution in [1.82, 2.24) is 0 Å². The van der Waals surface area contributed by atoms with Gasteiger partial charge in [-0.2, -0.15) is 0 Å². The molecule has 0 aliphatic heterocycles. The fourth-order valence-corrected chi connectivity index (χ4v) is 4.31. The number of fused-ring (bicyclic) bond motifs is 1. The molecular formula is C21H21NO4S. The molecule has 0 amide bonds. The summed E-state index contributed by atoms with van der Waals surface area (Å²) >= 11 is 0. The highest BCUT2D eigenvalue weighted by molar-refractivity contribution is 7.92. The number of nitrogens with zero attached hydrogens (tertiary/aromatic N) is 1. The van der Waals surface area contributed by atoms with Crippen LogP contribution in [-0.4, -0.2) is 27.5 Å². The van der Waals surface area contributed by atoms with Crippen LogP contribution in [0.3, 0.4) is 0 Å². The first-order chi connectivity index (χ1) is 12.9. The molecule has 3 aromatic rings. The first kappa shape index (κ1) is 18.9. The molecule has 140 valence electrons. The Morgan fingerprint density at radius 1 is 0.963 bits per heavy atom. The minimum atomic E-state index is -3.94. The number of ether oxygens (including phenoxy) is 1. The molecule has 0 aliphatic carbocycles. The van der Waals surface area contributed by atoms with Gasteiger partial charge in [0.05, 0.1) is 17.2 Å². The quantitative estimate of drug-likeness (QED) is 0.606.